The average Bonchev–Trinajstić information content (AvgIpc) is 2.68. The van der Waals surface area contributed by atoms with Crippen molar-refractivity contribution >= 4 is 17.6 Å². The zero-order valence-electron chi connectivity index (χ0n) is 16.7. The Morgan fingerprint density at radius 3 is 2.43 bits per heavy atom. The van der Waals surface area contributed by atoms with Gasteiger partial charge in [0.25, 0.3) is 0 Å². The molecular weight excluding hydrogens is 360 g/mol. The number of ether oxygens (including phenoxy) is 1. The van der Waals surface area contributed by atoms with Gasteiger partial charge in [-0.15, -0.1) is 0 Å². The lowest BCUT2D eigenvalue weighted by Crippen LogP contribution is -2.38. The minimum Gasteiger partial charge on any atom is -0.504 e. The minimum absolute atomic E-state index is 0.0164. The van der Waals surface area contributed by atoms with Crippen molar-refractivity contribution in [2.24, 2.45) is 0 Å². The van der Waals surface area contributed by atoms with Gasteiger partial charge < -0.3 is 25.6 Å². The molecule has 28 heavy (non-hydrogen) atoms. The monoisotopic (exact) mass is 388 g/mol. The first kappa shape index (κ1) is 23.0. The lowest BCUT2D eigenvalue weighted by Gasteiger charge is -2.14. The molecule has 0 bridgehead atoms. The lowest BCUT2D eigenvalue weighted by atomic mass is 10.2. The highest BCUT2D eigenvalue weighted by Gasteiger charge is 2.12. The molecule has 7 nitrogen and oxygen atoms in total. The number of methoxy groups -OCH3 is 1. The number of phenolic OH excluding ortho intramolecular Hbond substituents is 1. The Morgan fingerprint density at radius 2 is 1.86 bits per heavy atom. The number of phenols is 1. The summed E-state index contributed by atoms with van der Waals surface area (Å²) in [6.07, 6.45) is 1.03. The van der Waals surface area contributed by atoms with Crippen LogP contribution in [0.2, 0.25) is 0 Å². The molecule has 2 aromatic carbocycles. The summed E-state index contributed by atoms with van der Waals surface area (Å²) in [7, 11) is 1.36. The van der Waals surface area contributed by atoms with Gasteiger partial charge in [0.05, 0.1) is 18.7 Å². The predicted molar refractivity (Wildman–Crippen MR) is 109 cm³/mol. The third-order valence-electron chi connectivity index (χ3n) is 3.92. The summed E-state index contributed by atoms with van der Waals surface area (Å²) in [6.45, 7) is 6.81. The van der Waals surface area contributed by atoms with Crippen LogP contribution in [-0.2, 0) is 4.79 Å². The van der Waals surface area contributed by atoms with Crippen LogP contribution >= 0.6 is 0 Å². The number of rotatable bonds is 7. The van der Waals surface area contributed by atoms with Crippen LogP contribution in [0.4, 0.5) is 5.69 Å². The van der Waals surface area contributed by atoms with Crippen molar-refractivity contribution < 1.29 is 24.5 Å². The molecule has 7 heteroatoms. The molecule has 4 N–H and O–H groups in total. The van der Waals surface area contributed by atoms with Gasteiger partial charge in [-0.05, 0) is 56.6 Å². The minimum atomic E-state index is -1.05. The molecule has 152 valence electrons. The highest BCUT2D eigenvalue weighted by Crippen LogP contribution is 2.25. The number of carboxylic acid groups (broad SMARTS) is 1. The Morgan fingerprint density at radius 1 is 1.18 bits per heavy atom. The zero-order valence-corrected chi connectivity index (χ0v) is 16.7. The number of anilines is 1. The largest absolute Gasteiger partial charge is 0.504 e. The van der Waals surface area contributed by atoms with Crippen LogP contribution in [-0.4, -0.2) is 41.8 Å². The van der Waals surface area contributed by atoms with Gasteiger partial charge in [-0.25, -0.2) is 4.79 Å². The van der Waals surface area contributed by atoms with Gasteiger partial charge >= 0.3 is 5.97 Å². The molecule has 0 aliphatic carbocycles. The molecule has 0 aromatic heterocycles. The maximum absolute atomic E-state index is 11.8. The summed E-state index contributed by atoms with van der Waals surface area (Å²) < 4.78 is 4.72. The van der Waals surface area contributed by atoms with Gasteiger partial charge in [-0.1, -0.05) is 25.1 Å². The second-order valence-corrected chi connectivity index (χ2v) is 6.17. The Labute approximate surface area is 165 Å². The number of nitrogens with one attached hydrogen (secondary N) is 2. The Hall–Kier alpha value is -3.06. The number of benzene rings is 2. The molecule has 1 unspecified atom stereocenters. The molecule has 0 aliphatic rings. The van der Waals surface area contributed by atoms with E-state index < -0.39 is 5.97 Å². The summed E-state index contributed by atoms with van der Waals surface area (Å²) >= 11 is 0. The molecule has 0 heterocycles. The second-order valence-electron chi connectivity index (χ2n) is 6.17. The van der Waals surface area contributed by atoms with Crippen molar-refractivity contribution in [2.45, 2.75) is 33.2 Å². The number of aromatic carboxylic acids is 1. The van der Waals surface area contributed by atoms with Crippen LogP contribution in [0.15, 0.2) is 42.5 Å². The Bertz CT molecular complexity index is 792. The van der Waals surface area contributed by atoms with Gasteiger partial charge in [0, 0.05) is 5.69 Å². The predicted octanol–water partition coefficient (Wildman–Crippen LogP) is 3.42. The van der Waals surface area contributed by atoms with Crippen molar-refractivity contribution in [1.82, 2.24) is 5.32 Å². The van der Waals surface area contributed by atoms with E-state index in [4.69, 9.17) is 14.9 Å². The van der Waals surface area contributed by atoms with Gasteiger partial charge in [-0.3, -0.25) is 4.79 Å². The SMILES string of the molecule is CCCNC(C)C(=O)Nc1ccccc1C.COc1cc(C(=O)O)ccc1O. The second kappa shape index (κ2) is 11.6. The van der Waals surface area contributed by atoms with E-state index in [-0.39, 0.29) is 29.0 Å². The van der Waals surface area contributed by atoms with Crippen molar-refractivity contribution in [3.8, 4) is 11.5 Å². The smallest absolute Gasteiger partial charge is 0.335 e. The number of aryl methyl sites for hydroxylation is 1. The fourth-order valence-electron chi connectivity index (χ4n) is 2.22. The number of para-hydroxylation sites is 1. The average molecular weight is 388 g/mol. The Kier molecular flexibility index (Phi) is 9.53. The third kappa shape index (κ3) is 7.28. The first-order chi connectivity index (χ1) is 13.3. The number of hydrogen-bond donors (Lipinski definition) is 4. The van der Waals surface area contributed by atoms with Crippen LogP contribution in [0, 0.1) is 6.92 Å². The van der Waals surface area contributed by atoms with E-state index in [1.807, 2.05) is 38.1 Å². The van der Waals surface area contributed by atoms with Gasteiger partial charge in [0.15, 0.2) is 11.5 Å². The number of carbonyl (C=O) groups excluding carboxylic acids is 1. The van der Waals surface area contributed by atoms with Gasteiger partial charge in [0.1, 0.15) is 0 Å². The molecule has 1 amide bonds. The van der Waals surface area contributed by atoms with Crippen LogP contribution in [0.5, 0.6) is 11.5 Å². The molecule has 0 spiro atoms. The van der Waals surface area contributed by atoms with Crippen molar-refractivity contribution in [2.75, 3.05) is 19.0 Å². The van der Waals surface area contributed by atoms with Gasteiger partial charge in [-0.2, -0.15) is 0 Å². The van der Waals surface area contributed by atoms with E-state index >= 15 is 0 Å². The van der Waals surface area contributed by atoms with Crippen LogP contribution in [0.3, 0.4) is 0 Å². The van der Waals surface area contributed by atoms with E-state index in [0.29, 0.717) is 0 Å². The third-order valence-corrected chi connectivity index (χ3v) is 3.92. The van der Waals surface area contributed by atoms with Crippen molar-refractivity contribution in [3.63, 3.8) is 0 Å². The summed E-state index contributed by atoms with van der Waals surface area (Å²) in [5.41, 5.74) is 2.06. The normalized spacial score (nSPS) is 11.0. The first-order valence-corrected chi connectivity index (χ1v) is 9.00. The molecule has 0 aliphatic heterocycles. The maximum Gasteiger partial charge on any atom is 0.335 e. The number of aromatic hydroxyl groups is 1. The number of carbonyl (C=O) groups is 2. The number of amides is 1. The van der Waals surface area contributed by atoms with E-state index in [9.17, 15) is 9.59 Å². The fraction of sp³-hybridized carbons (Fsp3) is 0.333. The molecule has 0 radical (unpaired) electrons. The molecule has 1 atom stereocenters. The quantitative estimate of drug-likeness (QED) is 0.579. The number of hydrogen-bond acceptors (Lipinski definition) is 5. The molecular formula is C21H28N2O5. The summed E-state index contributed by atoms with van der Waals surface area (Å²) in [5, 5.41) is 23.7. The molecule has 2 rings (SSSR count). The van der Waals surface area contributed by atoms with Crippen molar-refractivity contribution in [3.05, 3.63) is 53.6 Å². The zero-order chi connectivity index (χ0) is 21.1. The molecule has 0 saturated heterocycles. The fourth-order valence-corrected chi connectivity index (χ4v) is 2.22. The van der Waals surface area contributed by atoms with E-state index in [1.54, 1.807) is 0 Å². The highest BCUT2D eigenvalue weighted by atomic mass is 16.5. The van der Waals surface area contributed by atoms with E-state index in [1.165, 1.54) is 25.3 Å². The van der Waals surface area contributed by atoms with Crippen LogP contribution in [0.1, 0.15) is 36.2 Å². The summed E-state index contributed by atoms with van der Waals surface area (Å²) in [6, 6.07) is 11.5. The molecule has 2 aromatic rings. The van der Waals surface area contributed by atoms with E-state index in [0.717, 1.165) is 24.2 Å². The van der Waals surface area contributed by atoms with Crippen molar-refractivity contribution in [1.29, 1.82) is 0 Å². The summed E-state index contributed by atoms with van der Waals surface area (Å²) in [4.78, 5) is 22.2. The first-order valence-electron chi connectivity index (χ1n) is 9.00. The lowest BCUT2D eigenvalue weighted by molar-refractivity contribution is -0.117. The van der Waals surface area contributed by atoms with Crippen LogP contribution in [0.25, 0.3) is 0 Å². The molecule has 0 saturated carbocycles. The number of carboxylic acids is 1. The summed E-state index contributed by atoms with van der Waals surface area (Å²) in [5.74, 6) is -0.937. The maximum atomic E-state index is 11.8. The topological polar surface area (TPSA) is 108 Å². The van der Waals surface area contributed by atoms with Gasteiger partial charge in [0.2, 0.25) is 5.91 Å². The standard InChI is InChI=1S/C13H20N2O.C8H8O4/c1-4-9-14-11(3)13(16)15-12-8-6-5-7-10(12)2;1-12-7-4-5(8(10)11)2-3-6(7)9/h5-8,11,14H,4,9H2,1-3H3,(H,15,16);2-4,9H,1H3,(H,10,11). The highest BCUT2D eigenvalue weighted by molar-refractivity contribution is 5.95. The molecule has 0 fully saturated rings. The van der Waals surface area contributed by atoms with Crippen LogP contribution < -0.4 is 15.4 Å². The Balaban J connectivity index is 0.000000292. The van der Waals surface area contributed by atoms with E-state index in [2.05, 4.69) is 17.6 Å².